The zero-order valence-corrected chi connectivity index (χ0v) is 11.9. The molecule has 0 saturated carbocycles. The quantitative estimate of drug-likeness (QED) is 0.840. The lowest BCUT2D eigenvalue weighted by Crippen LogP contribution is -2.13. The van der Waals surface area contributed by atoms with Gasteiger partial charge in [-0.3, -0.25) is 4.72 Å². The molecule has 100 valence electrons. The Hall–Kier alpha value is -1.60. The molecule has 0 fully saturated rings. The van der Waals surface area contributed by atoms with Gasteiger partial charge in [-0.05, 0) is 46.3 Å². The molecule has 0 aliphatic rings. The Morgan fingerprint density at radius 1 is 1.16 bits per heavy atom. The van der Waals surface area contributed by atoms with Gasteiger partial charge < -0.3 is 5.11 Å². The Morgan fingerprint density at radius 3 is 2.47 bits per heavy atom. The lowest BCUT2D eigenvalue weighted by Gasteiger charge is -2.10. The number of phenols is 1. The third kappa shape index (κ3) is 3.05. The molecule has 19 heavy (non-hydrogen) atoms. The molecule has 0 amide bonds. The van der Waals surface area contributed by atoms with Gasteiger partial charge in [0.2, 0.25) is 0 Å². The van der Waals surface area contributed by atoms with E-state index < -0.39 is 15.8 Å². The number of para-hydroxylation sites is 2. The van der Waals surface area contributed by atoms with Gasteiger partial charge in [-0.15, -0.1) is 0 Å². The third-order valence-corrected chi connectivity index (χ3v) is 4.67. The van der Waals surface area contributed by atoms with Crippen LogP contribution in [-0.2, 0) is 10.0 Å². The number of benzene rings is 2. The molecule has 0 unspecified atom stereocenters. The highest BCUT2D eigenvalue weighted by molar-refractivity contribution is 9.10. The van der Waals surface area contributed by atoms with Gasteiger partial charge in [-0.2, -0.15) is 0 Å². The number of hydrogen-bond donors (Lipinski definition) is 2. The molecule has 2 N–H and O–H groups in total. The van der Waals surface area contributed by atoms with E-state index in [4.69, 9.17) is 0 Å². The molecule has 0 aliphatic carbocycles. The molecule has 0 aliphatic heterocycles. The molecule has 0 spiro atoms. The highest BCUT2D eigenvalue weighted by Gasteiger charge is 2.19. The van der Waals surface area contributed by atoms with E-state index in [9.17, 15) is 17.9 Å². The monoisotopic (exact) mass is 345 g/mol. The van der Waals surface area contributed by atoms with Crippen LogP contribution in [0.2, 0.25) is 0 Å². The van der Waals surface area contributed by atoms with Crippen LogP contribution >= 0.6 is 15.9 Å². The smallest absolute Gasteiger partial charge is 0.263 e. The number of halogens is 2. The van der Waals surface area contributed by atoms with E-state index in [0.29, 0.717) is 0 Å². The summed E-state index contributed by atoms with van der Waals surface area (Å²) in [5.74, 6) is -0.738. The van der Waals surface area contributed by atoms with E-state index in [2.05, 4.69) is 20.7 Å². The summed E-state index contributed by atoms with van der Waals surface area (Å²) in [5.41, 5.74) is 0.0544. The maximum absolute atomic E-state index is 12.9. The fourth-order valence-corrected chi connectivity index (χ4v) is 3.58. The van der Waals surface area contributed by atoms with Crippen LogP contribution in [0.3, 0.4) is 0 Å². The van der Waals surface area contributed by atoms with Crippen molar-refractivity contribution < 1.29 is 17.9 Å². The topological polar surface area (TPSA) is 66.4 Å². The first-order chi connectivity index (χ1) is 8.90. The summed E-state index contributed by atoms with van der Waals surface area (Å²) in [6.45, 7) is 0. The van der Waals surface area contributed by atoms with Crippen molar-refractivity contribution in [3.63, 3.8) is 0 Å². The first kappa shape index (κ1) is 13.8. The Balaban J connectivity index is 2.41. The molecule has 2 rings (SSSR count). The third-order valence-electron chi connectivity index (χ3n) is 2.33. The van der Waals surface area contributed by atoms with Crippen molar-refractivity contribution in [1.82, 2.24) is 0 Å². The Morgan fingerprint density at radius 2 is 1.84 bits per heavy atom. The molecule has 0 atom stereocenters. The molecule has 0 saturated heterocycles. The summed E-state index contributed by atoms with van der Waals surface area (Å²) >= 11 is 2.99. The van der Waals surface area contributed by atoms with Crippen LogP contribution in [-0.4, -0.2) is 13.5 Å². The zero-order chi connectivity index (χ0) is 14.0. The molecule has 0 bridgehead atoms. The highest BCUT2D eigenvalue weighted by atomic mass is 79.9. The van der Waals surface area contributed by atoms with Gasteiger partial charge in [0.1, 0.15) is 16.5 Å². The lowest BCUT2D eigenvalue weighted by atomic mass is 10.3. The van der Waals surface area contributed by atoms with E-state index in [1.807, 2.05) is 0 Å². The zero-order valence-electron chi connectivity index (χ0n) is 9.47. The molecular weight excluding hydrogens is 337 g/mol. The first-order valence-electron chi connectivity index (χ1n) is 5.16. The fraction of sp³-hybridized carbons (Fsp3) is 0. The second kappa shape index (κ2) is 5.18. The minimum atomic E-state index is -3.91. The predicted octanol–water partition coefficient (Wildman–Crippen LogP) is 3.09. The molecule has 4 nitrogen and oxygen atoms in total. The molecular formula is C12H9BrFNO3S. The second-order valence-corrected chi connectivity index (χ2v) is 6.20. The van der Waals surface area contributed by atoms with Crippen LogP contribution in [0.1, 0.15) is 0 Å². The molecule has 2 aromatic carbocycles. The normalized spacial score (nSPS) is 11.3. The van der Waals surface area contributed by atoms with Crippen LogP contribution < -0.4 is 4.72 Å². The van der Waals surface area contributed by atoms with E-state index in [1.165, 1.54) is 12.1 Å². The van der Waals surface area contributed by atoms with Crippen LogP contribution in [0, 0.1) is 5.82 Å². The van der Waals surface area contributed by atoms with Gasteiger partial charge in [0.25, 0.3) is 10.0 Å². The summed E-state index contributed by atoms with van der Waals surface area (Å²) in [6, 6.07) is 9.17. The van der Waals surface area contributed by atoms with Crippen molar-refractivity contribution in [1.29, 1.82) is 0 Å². The summed E-state index contributed by atoms with van der Waals surface area (Å²) < 4.78 is 39.5. The van der Waals surface area contributed by atoms with Crippen LogP contribution in [0.4, 0.5) is 10.1 Å². The van der Waals surface area contributed by atoms with Crippen LogP contribution in [0.5, 0.6) is 5.75 Å². The number of hydrogen-bond acceptors (Lipinski definition) is 3. The molecule has 0 heterocycles. The number of nitrogens with one attached hydrogen (secondary N) is 1. The predicted molar refractivity (Wildman–Crippen MR) is 73.0 cm³/mol. The SMILES string of the molecule is O=S(=O)(Nc1ccccc1O)c1ccc(F)cc1Br. The van der Waals surface area contributed by atoms with E-state index in [-0.39, 0.29) is 20.8 Å². The number of anilines is 1. The average Bonchev–Trinajstić information content (AvgIpc) is 2.31. The summed E-state index contributed by atoms with van der Waals surface area (Å²) in [5, 5.41) is 9.54. The maximum atomic E-state index is 12.9. The van der Waals surface area contributed by atoms with Gasteiger partial charge in [0.05, 0.1) is 5.69 Å². The second-order valence-electron chi connectivity index (χ2n) is 3.70. The molecule has 2 aromatic rings. The number of aromatic hydroxyl groups is 1. The Kier molecular flexibility index (Phi) is 3.77. The van der Waals surface area contributed by atoms with Gasteiger partial charge in [-0.25, -0.2) is 12.8 Å². The van der Waals surface area contributed by atoms with Crippen molar-refractivity contribution in [3.8, 4) is 5.75 Å². The standard InChI is InChI=1S/C12H9BrFNO3S/c13-9-7-8(14)5-6-12(9)19(17,18)15-10-3-1-2-4-11(10)16/h1-7,15-16H. The number of rotatable bonds is 3. The fourth-order valence-electron chi connectivity index (χ4n) is 1.45. The Labute approximate surface area is 118 Å². The van der Waals surface area contributed by atoms with Crippen LogP contribution in [0.15, 0.2) is 51.8 Å². The van der Waals surface area contributed by atoms with Crippen molar-refractivity contribution >= 4 is 31.6 Å². The summed E-state index contributed by atoms with van der Waals surface area (Å²) in [7, 11) is -3.91. The first-order valence-corrected chi connectivity index (χ1v) is 7.43. The van der Waals surface area contributed by atoms with Crippen molar-refractivity contribution in [2.45, 2.75) is 4.90 Å². The molecule has 0 aromatic heterocycles. The molecule has 7 heteroatoms. The minimum Gasteiger partial charge on any atom is -0.506 e. The Bertz CT molecular complexity index is 719. The number of phenolic OH excluding ortho intramolecular Hbond substituents is 1. The minimum absolute atomic E-state index is 0.0544. The van der Waals surface area contributed by atoms with Gasteiger partial charge in [0.15, 0.2) is 0 Å². The van der Waals surface area contributed by atoms with Crippen LogP contribution in [0.25, 0.3) is 0 Å². The van der Waals surface area contributed by atoms with Crippen molar-refractivity contribution in [2.24, 2.45) is 0 Å². The van der Waals surface area contributed by atoms with Gasteiger partial charge >= 0.3 is 0 Å². The van der Waals surface area contributed by atoms with Crippen molar-refractivity contribution in [3.05, 3.63) is 52.8 Å². The van der Waals surface area contributed by atoms with Gasteiger partial charge in [0, 0.05) is 4.47 Å². The van der Waals surface area contributed by atoms with Gasteiger partial charge in [-0.1, -0.05) is 12.1 Å². The maximum Gasteiger partial charge on any atom is 0.263 e. The van der Waals surface area contributed by atoms with E-state index >= 15 is 0 Å². The summed E-state index contributed by atoms with van der Waals surface area (Å²) in [4.78, 5) is -0.114. The van der Waals surface area contributed by atoms with E-state index in [0.717, 1.165) is 18.2 Å². The lowest BCUT2D eigenvalue weighted by molar-refractivity contribution is 0.477. The van der Waals surface area contributed by atoms with Crippen molar-refractivity contribution in [2.75, 3.05) is 4.72 Å². The van der Waals surface area contributed by atoms with E-state index in [1.54, 1.807) is 12.1 Å². The molecule has 0 radical (unpaired) electrons. The highest BCUT2D eigenvalue weighted by Crippen LogP contribution is 2.28. The number of sulfonamides is 1. The summed E-state index contributed by atoms with van der Waals surface area (Å²) in [6.07, 6.45) is 0. The average molecular weight is 346 g/mol. The largest absolute Gasteiger partial charge is 0.506 e.